The van der Waals surface area contributed by atoms with Crippen LogP contribution in [-0.4, -0.2) is 11.8 Å². The monoisotopic (exact) mass is 348 g/mol. The maximum absolute atomic E-state index is 12.9. The van der Waals surface area contributed by atoms with E-state index >= 15 is 0 Å². The molecule has 4 nitrogen and oxygen atoms in total. The van der Waals surface area contributed by atoms with Crippen LogP contribution < -0.4 is 10.6 Å². The molecule has 0 aromatic heterocycles. The number of carbonyl (C=O) groups excluding carboxylic acids is 2. The van der Waals surface area contributed by atoms with Gasteiger partial charge in [-0.25, -0.2) is 4.39 Å². The number of rotatable bonds is 5. The Hall–Kier alpha value is -3.47. The summed E-state index contributed by atoms with van der Waals surface area (Å²) in [5.74, 6) is -1.00. The van der Waals surface area contributed by atoms with Gasteiger partial charge in [-0.1, -0.05) is 36.4 Å². The van der Waals surface area contributed by atoms with Crippen LogP contribution in [0.25, 0.3) is 0 Å². The van der Waals surface area contributed by atoms with Gasteiger partial charge in [0.25, 0.3) is 11.8 Å². The van der Waals surface area contributed by atoms with Crippen molar-refractivity contribution in [3.63, 3.8) is 0 Å². The third kappa shape index (κ3) is 4.54. The summed E-state index contributed by atoms with van der Waals surface area (Å²) in [6, 6.07) is 21.5. The van der Waals surface area contributed by atoms with Crippen molar-refractivity contribution in [3.05, 3.63) is 101 Å². The van der Waals surface area contributed by atoms with Gasteiger partial charge >= 0.3 is 0 Å². The van der Waals surface area contributed by atoms with E-state index in [-0.39, 0.29) is 11.8 Å². The van der Waals surface area contributed by atoms with Crippen molar-refractivity contribution < 1.29 is 14.0 Å². The normalized spacial score (nSPS) is 10.2. The number of anilines is 1. The zero-order chi connectivity index (χ0) is 18.4. The summed E-state index contributed by atoms with van der Waals surface area (Å²) >= 11 is 0. The number of halogens is 1. The average molecular weight is 348 g/mol. The molecule has 0 aliphatic carbocycles. The van der Waals surface area contributed by atoms with Crippen molar-refractivity contribution in [2.75, 3.05) is 5.32 Å². The Morgan fingerprint density at radius 3 is 2.23 bits per heavy atom. The van der Waals surface area contributed by atoms with Gasteiger partial charge < -0.3 is 10.6 Å². The second-order valence-corrected chi connectivity index (χ2v) is 5.71. The molecule has 3 rings (SSSR count). The second kappa shape index (κ2) is 8.07. The fraction of sp³-hybridized carbons (Fsp3) is 0.0476. The zero-order valence-corrected chi connectivity index (χ0v) is 13.9. The fourth-order valence-corrected chi connectivity index (χ4v) is 2.42. The molecule has 0 radical (unpaired) electrons. The first-order chi connectivity index (χ1) is 12.6. The molecule has 0 bridgehead atoms. The SMILES string of the molecule is O=C(NCc1ccccc1)c1cccc(NC(=O)c2ccc(F)cc2)c1. The molecule has 0 saturated heterocycles. The van der Waals surface area contributed by atoms with Gasteiger partial charge in [-0.2, -0.15) is 0 Å². The van der Waals surface area contributed by atoms with E-state index in [1.165, 1.54) is 24.3 Å². The molecular formula is C21H17FN2O2. The molecule has 0 spiro atoms. The van der Waals surface area contributed by atoms with Crippen molar-refractivity contribution in [1.82, 2.24) is 5.32 Å². The molecule has 0 aliphatic rings. The molecule has 0 unspecified atom stereocenters. The molecule has 2 N–H and O–H groups in total. The molecular weight excluding hydrogens is 331 g/mol. The van der Waals surface area contributed by atoms with E-state index in [1.807, 2.05) is 30.3 Å². The Bertz CT molecular complexity index is 909. The Kier molecular flexibility index (Phi) is 5.39. The molecule has 0 heterocycles. The van der Waals surface area contributed by atoms with Crippen LogP contribution in [0.1, 0.15) is 26.3 Å². The molecule has 3 aromatic rings. The second-order valence-electron chi connectivity index (χ2n) is 5.71. The Morgan fingerprint density at radius 1 is 0.769 bits per heavy atom. The van der Waals surface area contributed by atoms with Gasteiger partial charge in [0.05, 0.1) is 0 Å². The Morgan fingerprint density at radius 2 is 1.50 bits per heavy atom. The molecule has 0 fully saturated rings. The van der Waals surface area contributed by atoms with Gasteiger partial charge in [-0.15, -0.1) is 0 Å². The Balaban J connectivity index is 1.64. The van der Waals surface area contributed by atoms with E-state index in [0.717, 1.165) is 5.56 Å². The zero-order valence-electron chi connectivity index (χ0n) is 13.9. The number of hydrogen-bond acceptors (Lipinski definition) is 2. The summed E-state index contributed by atoms with van der Waals surface area (Å²) in [4.78, 5) is 24.5. The van der Waals surface area contributed by atoms with E-state index in [4.69, 9.17) is 0 Å². The summed E-state index contributed by atoms with van der Waals surface area (Å²) in [5.41, 5.74) is 2.27. The third-order valence-corrected chi connectivity index (χ3v) is 3.78. The van der Waals surface area contributed by atoms with Gasteiger partial charge in [0.2, 0.25) is 0 Å². The van der Waals surface area contributed by atoms with Crippen molar-refractivity contribution >= 4 is 17.5 Å². The molecule has 5 heteroatoms. The lowest BCUT2D eigenvalue weighted by Crippen LogP contribution is -2.23. The number of nitrogens with one attached hydrogen (secondary N) is 2. The van der Waals surface area contributed by atoms with Gasteiger partial charge in [-0.3, -0.25) is 9.59 Å². The first kappa shape index (κ1) is 17.4. The summed E-state index contributed by atoms with van der Waals surface area (Å²) in [6.07, 6.45) is 0. The predicted octanol–water partition coefficient (Wildman–Crippen LogP) is 4.01. The molecule has 0 saturated carbocycles. The smallest absolute Gasteiger partial charge is 0.255 e. The van der Waals surface area contributed by atoms with Crippen LogP contribution in [0.4, 0.5) is 10.1 Å². The van der Waals surface area contributed by atoms with Gasteiger partial charge in [0.1, 0.15) is 5.82 Å². The highest BCUT2D eigenvalue weighted by molar-refractivity contribution is 6.05. The highest BCUT2D eigenvalue weighted by Gasteiger charge is 2.09. The summed E-state index contributed by atoms with van der Waals surface area (Å²) < 4.78 is 12.9. The minimum Gasteiger partial charge on any atom is -0.348 e. The summed E-state index contributed by atoms with van der Waals surface area (Å²) in [7, 11) is 0. The third-order valence-electron chi connectivity index (χ3n) is 3.78. The number of hydrogen-bond donors (Lipinski definition) is 2. The van der Waals surface area contributed by atoms with E-state index in [0.29, 0.717) is 23.4 Å². The number of carbonyl (C=O) groups is 2. The topological polar surface area (TPSA) is 58.2 Å². The fourth-order valence-electron chi connectivity index (χ4n) is 2.42. The quantitative estimate of drug-likeness (QED) is 0.732. The van der Waals surface area contributed by atoms with Gasteiger partial charge in [-0.05, 0) is 48.0 Å². The minimum atomic E-state index is -0.404. The van der Waals surface area contributed by atoms with Crippen LogP contribution in [-0.2, 0) is 6.54 Å². The first-order valence-electron chi connectivity index (χ1n) is 8.11. The van der Waals surface area contributed by atoms with E-state index in [2.05, 4.69) is 10.6 Å². The van der Waals surface area contributed by atoms with E-state index in [9.17, 15) is 14.0 Å². The van der Waals surface area contributed by atoms with Crippen LogP contribution in [0.15, 0.2) is 78.9 Å². The van der Waals surface area contributed by atoms with Crippen molar-refractivity contribution in [2.24, 2.45) is 0 Å². The lowest BCUT2D eigenvalue weighted by molar-refractivity contribution is 0.0949. The van der Waals surface area contributed by atoms with Crippen molar-refractivity contribution in [2.45, 2.75) is 6.54 Å². The van der Waals surface area contributed by atoms with E-state index in [1.54, 1.807) is 24.3 Å². The standard InChI is InChI=1S/C21H17FN2O2/c22-18-11-9-16(10-12-18)21(26)24-19-8-4-7-17(13-19)20(25)23-14-15-5-2-1-3-6-15/h1-13H,14H2,(H,23,25)(H,24,26). The minimum absolute atomic E-state index is 0.230. The number of benzene rings is 3. The highest BCUT2D eigenvalue weighted by Crippen LogP contribution is 2.13. The maximum atomic E-state index is 12.9. The molecule has 0 aliphatic heterocycles. The Labute approximate surface area is 150 Å². The lowest BCUT2D eigenvalue weighted by Gasteiger charge is -2.09. The van der Waals surface area contributed by atoms with Crippen LogP contribution in [0.3, 0.4) is 0 Å². The van der Waals surface area contributed by atoms with E-state index < -0.39 is 5.82 Å². The highest BCUT2D eigenvalue weighted by atomic mass is 19.1. The van der Waals surface area contributed by atoms with Gasteiger partial charge in [0.15, 0.2) is 0 Å². The number of amides is 2. The largest absolute Gasteiger partial charge is 0.348 e. The lowest BCUT2D eigenvalue weighted by atomic mass is 10.1. The van der Waals surface area contributed by atoms with Crippen LogP contribution in [0, 0.1) is 5.82 Å². The van der Waals surface area contributed by atoms with Crippen LogP contribution >= 0.6 is 0 Å². The van der Waals surface area contributed by atoms with Crippen LogP contribution in [0.2, 0.25) is 0 Å². The van der Waals surface area contributed by atoms with Gasteiger partial charge in [0, 0.05) is 23.4 Å². The predicted molar refractivity (Wildman–Crippen MR) is 98.4 cm³/mol. The van der Waals surface area contributed by atoms with Crippen LogP contribution in [0.5, 0.6) is 0 Å². The molecule has 2 amide bonds. The molecule has 0 atom stereocenters. The molecule has 130 valence electrons. The summed E-state index contributed by atoms with van der Waals surface area (Å²) in [5, 5.41) is 5.55. The first-order valence-corrected chi connectivity index (χ1v) is 8.11. The summed E-state index contributed by atoms with van der Waals surface area (Å²) in [6.45, 7) is 0.422. The molecule has 3 aromatic carbocycles. The molecule has 26 heavy (non-hydrogen) atoms. The average Bonchev–Trinajstić information content (AvgIpc) is 2.67. The maximum Gasteiger partial charge on any atom is 0.255 e. The van der Waals surface area contributed by atoms with Crippen molar-refractivity contribution in [3.8, 4) is 0 Å². The van der Waals surface area contributed by atoms with Crippen molar-refractivity contribution in [1.29, 1.82) is 0 Å².